The van der Waals surface area contributed by atoms with Crippen LogP contribution in [0.3, 0.4) is 0 Å². The summed E-state index contributed by atoms with van der Waals surface area (Å²) in [6.07, 6.45) is 3.35. The van der Waals surface area contributed by atoms with E-state index >= 15 is 0 Å². The van der Waals surface area contributed by atoms with Gasteiger partial charge in [0.05, 0.1) is 17.3 Å². The topological polar surface area (TPSA) is 51.2 Å². The zero-order valence-electron chi connectivity index (χ0n) is 14.7. The Labute approximate surface area is 165 Å². The van der Waals surface area contributed by atoms with Gasteiger partial charge in [0.25, 0.3) is 0 Å². The van der Waals surface area contributed by atoms with Gasteiger partial charge in [0.1, 0.15) is 5.75 Å². The van der Waals surface area contributed by atoms with Gasteiger partial charge in [-0.15, -0.1) is 23.5 Å². The van der Waals surface area contributed by atoms with Crippen LogP contribution in [0.15, 0.2) is 52.3 Å². The summed E-state index contributed by atoms with van der Waals surface area (Å²) in [6.45, 7) is 0. The molecule has 0 bridgehead atoms. The molecule has 0 saturated heterocycles. The van der Waals surface area contributed by atoms with E-state index in [4.69, 9.17) is 4.74 Å². The number of thioether (sulfide) groups is 2. The Kier molecular flexibility index (Phi) is 6.82. The van der Waals surface area contributed by atoms with Crippen LogP contribution in [-0.2, 0) is 4.79 Å². The van der Waals surface area contributed by atoms with Gasteiger partial charge in [0.2, 0.25) is 5.91 Å². The summed E-state index contributed by atoms with van der Waals surface area (Å²) < 4.78 is 6.25. The summed E-state index contributed by atoms with van der Waals surface area (Å²) in [4.78, 5) is 19.0. The molecule has 26 heavy (non-hydrogen) atoms. The van der Waals surface area contributed by atoms with Gasteiger partial charge >= 0.3 is 0 Å². The highest BCUT2D eigenvalue weighted by Gasteiger charge is 2.10. The third-order valence-corrected chi connectivity index (χ3v) is 6.53. The van der Waals surface area contributed by atoms with Gasteiger partial charge in [0.15, 0.2) is 5.13 Å². The van der Waals surface area contributed by atoms with Crippen molar-refractivity contribution in [3.05, 3.63) is 42.5 Å². The van der Waals surface area contributed by atoms with Gasteiger partial charge in [-0.25, -0.2) is 4.98 Å². The fourth-order valence-corrected chi connectivity index (χ4v) is 4.81. The Morgan fingerprint density at radius 1 is 1.23 bits per heavy atom. The summed E-state index contributed by atoms with van der Waals surface area (Å²) in [5.74, 6) is 1.77. The average molecular weight is 405 g/mol. The van der Waals surface area contributed by atoms with E-state index in [0.717, 1.165) is 33.0 Å². The molecule has 0 radical (unpaired) electrons. The summed E-state index contributed by atoms with van der Waals surface area (Å²) in [5, 5.41) is 3.61. The molecule has 0 spiro atoms. The van der Waals surface area contributed by atoms with Crippen molar-refractivity contribution in [2.75, 3.05) is 24.4 Å². The van der Waals surface area contributed by atoms with Crippen molar-refractivity contribution >= 4 is 56.1 Å². The maximum absolute atomic E-state index is 12.2. The molecule has 1 N–H and O–H groups in total. The summed E-state index contributed by atoms with van der Waals surface area (Å²) in [5.41, 5.74) is 0.968. The molecular formula is C19H20N2O2S3. The van der Waals surface area contributed by atoms with Crippen LogP contribution in [0.2, 0.25) is 0 Å². The van der Waals surface area contributed by atoms with Crippen molar-refractivity contribution in [3.8, 4) is 5.75 Å². The Balaban J connectivity index is 1.46. The zero-order valence-corrected chi connectivity index (χ0v) is 17.1. The Bertz CT molecular complexity index is 878. The standard InChI is InChI=1S/C19H20N2O2S3/c1-23-13-8-10-14(11-9-13)25-12-4-7-17(22)20-19-21-18-15(24-2)5-3-6-16(18)26-19/h3,5-6,8-11H,4,7,12H2,1-2H3,(H,20,21,22). The maximum atomic E-state index is 12.2. The molecule has 3 rings (SSSR count). The van der Waals surface area contributed by atoms with Gasteiger partial charge in [0, 0.05) is 16.2 Å². The highest BCUT2D eigenvalue weighted by atomic mass is 32.2. The number of hydrogen-bond donors (Lipinski definition) is 1. The van der Waals surface area contributed by atoms with Crippen molar-refractivity contribution in [3.63, 3.8) is 0 Å². The Hall–Kier alpha value is -1.70. The van der Waals surface area contributed by atoms with Gasteiger partial charge in [-0.1, -0.05) is 17.4 Å². The van der Waals surface area contributed by atoms with E-state index in [9.17, 15) is 4.79 Å². The van der Waals surface area contributed by atoms with E-state index in [1.165, 1.54) is 16.2 Å². The quantitative estimate of drug-likeness (QED) is 0.395. The number of anilines is 1. The average Bonchev–Trinajstić information content (AvgIpc) is 3.08. The second-order valence-corrected chi connectivity index (χ2v) is 8.55. The lowest BCUT2D eigenvalue weighted by Crippen LogP contribution is -2.11. The van der Waals surface area contributed by atoms with Crippen LogP contribution < -0.4 is 10.1 Å². The van der Waals surface area contributed by atoms with Crippen molar-refractivity contribution in [2.45, 2.75) is 22.6 Å². The van der Waals surface area contributed by atoms with Crippen molar-refractivity contribution in [1.29, 1.82) is 0 Å². The van der Waals surface area contributed by atoms with Crippen molar-refractivity contribution in [2.24, 2.45) is 0 Å². The molecule has 0 unspecified atom stereocenters. The van der Waals surface area contributed by atoms with E-state index in [2.05, 4.69) is 16.4 Å². The molecule has 0 aliphatic rings. The number of rotatable bonds is 8. The van der Waals surface area contributed by atoms with Gasteiger partial charge in [-0.3, -0.25) is 4.79 Å². The van der Waals surface area contributed by atoms with Gasteiger partial charge < -0.3 is 10.1 Å². The zero-order chi connectivity index (χ0) is 18.4. The van der Waals surface area contributed by atoms with Crippen LogP contribution in [0.25, 0.3) is 10.2 Å². The van der Waals surface area contributed by atoms with Gasteiger partial charge in [-0.2, -0.15) is 0 Å². The number of ether oxygens (including phenoxy) is 1. The molecule has 0 aliphatic heterocycles. The summed E-state index contributed by atoms with van der Waals surface area (Å²) in [6, 6.07) is 14.1. The molecule has 4 nitrogen and oxygen atoms in total. The molecule has 2 aromatic carbocycles. The van der Waals surface area contributed by atoms with E-state index in [1.54, 1.807) is 30.6 Å². The SMILES string of the molecule is COc1ccc(SCCCC(=O)Nc2nc3c(SC)cccc3s2)cc1. The highest BCUT2D eigenvalue weighted by molar-refractivity contribution is 7.99. The van der Waals surface area contributed by atoms with Gasteiger partial charge in [-0.05, 0) is 54.8 Å². The second kappa shape index (κ2) is 9.30. The first kappa shape index (κ1) is 19.1. The normalized spacial score (nSPS) is 10.8. The number of nitrogens with zero attached hydrogens (tertiary/aromatic N) is 1. The number of fused-ring (bicyclic) bond motifs is 1. The molecule has 1 heterocycles. The lowest BCUT2D eigenvalue weighted by atomic mass is 10.3. The van der Waals surface area contributed by atoms with Crippen LogP contribution in [0.4, 0.5) is 5.13 Å². The van der Waals surface area contributed by atoms with E-state index in [0.29, 0.717) is 11.6 Å². The van der Waals surface area contributed by atoms with Crippen molar-refractivity contribution in [1.82, 2.24) is 4.98 Å². The number of amides is 1. The summed E-state index contributed by atoms with van der Waals surface area (Å²) in [7, 11) is 1.66. The molecule has 3 aromatic rings. The van der Waals surface area contributed by atoms with E-state index in [1.807, 2.05) is 42.7 Å². The summed E-state index contributed by atoms with van der Waals surface area (Å²) >= 11 is 4.93. The Morgan fingerprint density at radius 3 is 2.77 bits per heavy atom. The smallest absolute Gasteiger partial charge is 0.226 e. The molecule has 0 saturated carbocycles. The van der Waals surface area contributed by atoms with Crippen LogP contribution in [-0.4, -0.2) is 30.0 Å². The van der Waals surface area contributed by atoms with Crippen LogP contribution in [0, 0.1) is 0 Å². The molecule has 0 fully saturated rings. The molecule has 7 heteroatoms. The fourth-order valence-electron chi connectivity index (χ4n) is 2.42. The van der Waals surface area contributed by atoms with Crippen molar-refractivity contribution < 1.29 is 9.53 Å². The predicted octanol–water partition coefficient (Wildman–Crippen LogP) is 5.54. The number of methoxy groups -OCH3 is 1. The van der Waals surface area contributed by atoms with E-state index < -0.39 is 0 Å². The number of para-hydroxylation sites is 1. The largest absolute Gasteiger partial charge is 0.497 e. The molecule has 1 aromatic heterocycles. The van der Waals surface area contributed by atoms with Crippen LogP contribution >= 0.6 is 34.9 Å². The molecule has 136 valence electrons. The molecule has 0 aliphatic carbocycles. The lowest BCUT2D eigenvalue weighted by Gasteiger charge is -2.04. The minimum atomic E-state index is 0.0186. The third kappa shape index (κ3) is 4.93. The second-order valence-electron chi connectivity index (χ2n) is 5.50. The Morgan fingerprint density at radius 2 is 2.04 bits per heavy atom. The predicted molar refractivity (Wildman–Crippen MR) is 113 cm³/mol. The lowest BCUT2D eigenvalue weighted by molar-refractivity contribution is -0.116. The molecular weight excluding hydrogens is 384 g/mol. The minimum absolute atomic E-state index is 0.0186. The van der Waals surface area contributed by atoms with Crippen LogP contribution in [0.5, 0.6) is 5.75 Å². The first-order valence-electron chi connectivity index (χ1n) is 8.20. The number of nitrogens with one attached hydrogen (secondary N) is 1. The first-order valence-corrected chi connectivity index (χ1v) is 11.2. The number of carbonyl (C=O) groups excluding carboxylic acids is 1. The minimum Gasteiger partial charge on any atom is -0.497 e. The third-order valence-electron chi connectivity index (χ3n) is 3.72. The number of aromatic nitrogens is 1. The number of thiazole rings is 1. The number of benzene rings is 2. The molecule has 0 atom stereocenters. The number of carbonyl (C=O) groups is 1. The fraction of sp³-hybridized carbons (Fsp3) is 0.263. The molecule has 1 amide bonds. The maximum Gasteiger partial charge on any atom is 0.226 e. The first-order chi connectivity index (χ1) is 12.7. The van der Waals surface area contributed by atoms with Crippen LogP contribution in [0.1, 0.15) is 12.8 Å². The monoisotopic (exact) mass is 404 g/mol. The number of hydrogen-bond acceptors (Lipinski definition) is 6. The van der Waals surface area contributed by atoms with E-state index in [-0.39, 0.29) is 5.91 Å². The highest BCUT2D eigenvalue weighted by Crippen LogP contribution is 2.32.